The Morgan fingerprint density at radius 1 is 1.17 bits per heavy atom. The molecule has 2 aliphatic heterocycles. The van der Waals surface area contributed by atoms with Crippen LogP contribution in [-0.4, -0.2) is 37.4 Å². The van der Waals surface area contributed by atoms with Crippen LogP contribution < -0.4 is 29.2 Å². The van der Waals surface area contributed by atoms with Crippen LogP contribution in [0.3, 0.4) is 0 Å². The molecule has 1 saturated heterocycles. The van der Waals surface area contributed by atoms with Crippen molar-refractivity contribution in [2.24, 2.45) is 0 Å². The number of anilines is 1. The van der Waals surface area contributed by atoms with Crippen molar-refractivity contribution < 1.29 is 28.5 Å². The van der Waals surface area contributed by atoms with Crippen molar-refractivity contribution in [3.63, 3.8) is 0 Å². The molecule has 2 amide bonds. The van der Waals surface area contributed by atoms with Crippen molar-refractivity contribution in [3.05, 3.63) is 47.5 Å². The normalized spacial score (nSPS) is 16.7. The second kappa shape index (κ2) is 8.03. The van der Waals surface area contributed by atoms with Gasteiger partial charge in [-0.05, 0) is 55.5 Å². The zero-order valence-electron chi connectivity index (χ0n) is 16.3. The summed E-state index contributed by atoms with van der Waals surface area (Å²) >= 11 is 5.23. The average Bonchev–Trinajstić information content (AvgIpc) is 3.19. The number of nitrogens with one attached hydrogen (secondary N) is 1. The first-order chi connectivity index (χ1) is 14.5. The van der Waals surface area contributed by atoms with Gasteiger partial charge in [0.25, 0.3) is 11.8 Å². The van der Waals surface area contributed by atoms with Gasteiger partial charge < -0.3 is 18.9 Å². The summed E-state index contributed by atoms with van der Waals surface area (Å²) in [6.45, 7) is 2.34. The minimum atomic E-state index is -0.588. The fraction of sp³-hybridized carbons (Fsp3) is 0.190. The van der Waals surface area contributed by atoms with E-state index in [1.165, 1.54) is 11.0 Å². The van der Waals surface area contributed by atoms with Crippen molar-refractivity contribution >= 4 is 40.9 Å². The van der Waals surface area contributed by atoms with E-state index < -0.39 is 11.8 Å². The molecule has 9 heteroatoms. The number of amides is 2. The molecule has 0 unspecified atom stereocenters. The Morgan fingerprint density at radius 3 is 2.53 bits per heavy atom. The molecule has 0 bridgehead atoms. The molecule has 0 aromatic heterocycles. The molecule has 8 nitrogen and oxygen atoms in total. The van der Waals surface area contributed by atoms with E-state index in [1.54, 1.807) is 43.5 Å². The zero-order valence-corrected chi connectivity index (χ0v) is 17.1. The Hall–Kier alpha value is -3.59. The molecule has 2 aromatic carbocycles. The largest absolute Gasteiger partial charge is 0.497 e. The SMILES string of the molecule is CCOc1cc2c(cc1C=C1C(=O)NC(=S)N(c3ccc(OC)cc3)C1=O)OCO2. The number of rotatable bonds is 5. The van der Waals surface area contributed by atoms with Gasteiger partial charge in [0.1, 0.15) is 17.1 Å². The molecule has 0 spiro atoms. The molecule has 1 fully saturated rings. The lowest BCUT2D eigenvalue weighted by atomic mass is 10.1. The van der Waals surface area contributed by atoms with Crippen LogP contribution in [0.15, 0.2) is 42.0 Å². The van der Waals surface area contributed by atoms with E-state index in [0.29, 0.717) is 40.9 Å². The lowest BCUT2D eigenvalue weighted by Gasteiger charge is -2.29. The highest BCUT2D eigenvalue weighted by Gasteiger charge is 2.35. The number of fused-ring (bicyclic) bond motifs is 1. The van der Waals surface area contributed by atoms with E-state index in [1.807, 2.05) is 6.92 Å². The predicted octanol–water partition coefficient (Wildman–Crippen LogP) is 2.65. The molecule has 2 aromatic rings. The first-order valence-corrected chi connectivity index (χ1v) is 9.54. The predicted molar refractivity (Wildman–Crippen MR) is 113 cm³/mol. The summed E-state index contributed by atoms with van der Waals surface area (Å²) in [5.74, 6) is 1.02. The molecule has 0 atom stereocenters. The first kappa shape index (κ1) is 19.7. The van der Waals surface area contributed by atoms with E-state index >= 15 is 0 Å². The quantitative estimate of drug-likeness (QED) is 0.447. The van der Waals surface area contributed by atoms with Crippen LogP contribution >= 0.6 is 12.2 Å². The van der Waals surface area contributed by atoms with Gasteiger partial charge in [-0.1, -0.05) is 0 Å². The van der Waals surface area contributed by atoms with Crippen molar-refractivity contribution in [2.45, 2.75) is 6.92 Å². The third-order valence-electron chi connectivity index (χ3n) is 4.54. The Labute approximate surface area is 178 Å². The lowest BCUT2D eigenvalue weighted by molar-refractivity contribution is -0.122. The van der Waals surface area contributed by atoms with Gasteiger partial charge in [-0.25, -0.2) is 0 Å². The lowest BCUT2D eigenvalue weighted by Crippen LogP contribution is -2.54. The molecule has 30 heavy (non-hydrogen) atoms. The summed E-state index contributed by atoms with van der Waals surface area (Å²) in [6, 6.07) is 10.1. The number of carbonyl (C=O) groups is 2. The molecule has 1 N–H and O–H groups in total. The third-order valence-corrected chi connectivity index (χ3v) is 4.82. The number of thiocarbonyl (C=S) groups is 1. The number of ether oxygens (including phenoxy) is 4. The molecule has 2 heterocycles. The number of hydrogen-bond donors (Lipinski definition) is 1. The Morgan fingerprint density at radius 2 is 1.87 bits per heavy atom. The number of benzene rings is 2. The zero-order chi connectivity index (χ0) is 21.3. The summed E-state index contributed by atoms with van der Waals surface area (Å²) in [7, 11) is 1.55. The average molecular weight is 426 g/mol. The van der Waals surface area contributed by atoms with Crippen molar-refractivity contribution in [2.75, 3.05) is 25.4 Å². The fourth-order valence-electron chi connectivity index (χ4n) is 3.11. The van der Waals surface area contributed by atoms with Gasteiger partial charge in [-0.2, -0.15) is 0 Å². The monoisotopic (exact) mass is 426 g/mol. The highest BCUT2D eigenvalue weighted by molar-refractivity contribution is 7.80. The van der Waals surface area contributed by atoms with E-state index in [2.05, 4.69) is 5.32 Å². The van der Waals surface area contributed by atoms with Crippen LogP contribution in [0.25, 0.3) is 6.08 Å². The van der Waals surface area contributed by atoms with Crippen LogP contribution in [-0.2, 0) is 9.59 Å². The number of nitrogens with zero attached hydrogens (tertiary/aromatic N) is 1. The minimum absolute atomic E-state index is 0.00281. The van der Waals surface area contributed by atoms with Gasteiger partial charge in [-0.3, -0.25) is 19.8 Å². The summed E-state index contributed by atoms with van der Waals surface area (Å²) in [6.07, 6.45) is 1.46. The minimum Gasteiger partial charge on any atom is -0.497 e. The maximum Gasteiger partial charge on any atom is 0.270 e. The first-order valence-electron chi connectivity index (χ1n) is 9.13. The van der Waals surface area contributed by atoms with E-state index in [0.717, 1.165) is 0 Å². The van der Waals surface area contributed by atoms with Crippen molar-refractivity contribution in [1.29, 1.82) is 0 Å². The highest BCUT2D eigenvalue weighted by atomic mass is 32.1. The van der Waals surface area contributed by atoms with Crippen LogP contribution in [0.1, 0.15) is 12.5 Å². The molecule has 0 saturated carbocycles. The van der Waals surface area contributed by atoms with Gasteiger partial charge in [0.05, 0.1) is 19.4 Å². The number of methoxy groups -OCH3 is 1. The highest BCUT2D eigenvalue weighted by Crippen LogP contribution is 2.39. The molecule has 0 aliphatic carbocycles. The number of carbonyl (C=O) groups excluding carboxylic acids is 2. The second-order valence-corrected chi connectivity index (χ2v) is 6.72. The van der Waals surface area contributed by atoms with Gasteiger partial charge >= 0.3 is 0 Å². The third kappa shape index (κ3) is 3.55. The Bertz CT molecular complexity index is 1060. The molecule has 2 aliphatic rings. The summed E-state index contributed by atoms with van der Waals surface area (Å²) < 4.78 is 21.6. The van der Waals surface area contributed by atoms with Crippen molar-refractivity contribution in [3.8, 4) is 23.0 Å². The van der Waals surface area contributed by atoms with Crippen LogP contribution in [0, 0.1) is 0 Å². The molecule has 4 rings (SSSR count). The molecule has 0 radical (unpaired) electrons. The van der Waals surface area contributed by atoms with Gasteiger partial charge in [0.15, 0.2) is 16.6 Å². The Kier molecular flexibility index (Phi) is 5.28. The van der Waals surface area contributed by atoms with Gasteiger partial charge in [0.2, 0.25) is 6.79 Å². The standard InChI is InChI=1S/C21H18N2O6S/c1-3-27-16-10-18-17(28-11-29-18)9-12(16)8-15-19(24)22-21(30)23(20(15)25)13-4-6-14(26-2)7-5-13/h4-10H,3,11H2,1-2H3,(H,22,24,30). The van der Waals surface area contributed by atoms with Crippen LogP contribution in [0.4, 0.5) is 5.69 Å². The smallest absolute Gasteiger partial charge is 0.270 e. The summed E-state index contributed by atoms with van der Waals surface area (Å²) in [5, 5.41) is 2.57. The van der Waals surface area contributed by atoms with Crippen LogP contribution in [0.2, 0.25) is 0 Å². The fourth-order valence-corrected chi connectivity index (χ4v) is 3.39. The maximum atomic E-state index is 13.2. The molecular weight excluding hydrogens is 408 g/mol. The second-order valence-electron chi connectivity index (χ2n) is 6.33. The molecular formula is C21H18N2O6S. The topological polar surface area (TPSA) is 86.3 Å². The maximum absolute atomic E-state index is 13.2. The van der Waals surface area contributed by atoms with Crippen molar-refractivity contribution in [1.82, 2.24) is 5.32 Å². The number of hydrogen-bond acceptors (Lipinski definition) is 7. The van der Waals surface area contributed by atoms with Gasteiger partial charge in [0, 0.05) is 11.6 Å². The summed E-state index contributed by atoms with van der Waals surface area (Å²) in [5.41, 5.74) is 0.939. The van der Waals surface area contributed by atoms with Gasteiger partial charge in [-0.15, -0.1) is 0 Å². The Balaban J connectivity index is 1.74. The van der Waals surface area contributed by atoms with E-state index in [9.17, 15) is 9.59 Å². The van der Waals surface area contributed by atoms with E-state index in [-0.39, 0.29) is 17.5 Å². The van der Waals surface area contributed by atoms with Crippen LogP contribution in [0.5, 0.6) is 23.0 Å². The summed E-state index contributed by atoms with van der Waals surface area (Å²) in [4.78, 5) is 27.0. The van der Waals surface area contributed by atoms with E-state index in [4.69, 9.17) is 31.2 Å². The molecule has 154 valence electrons.